The quantitative estimate of drug-likeness (QED) is 0.205. The molecule has 0 aliphatic rings. The minimum Gasteiger partial charge on any atom is -0.449 e. The van der Waals surface area contributed by atoms with Crippen LogP contribution in [0.2, 0.25) is 0 Å². The van der Waals surface area contributed by atoms with Gasteiger partial charge in [-0.25, -0.2) is 4.79 Å². The average Bonchev–Trinajstić information content (AvgIpc) is 2.97. The lowest BCUT2D eigenvalue weighted by Gasteiger charge is -2.28. The fraction of sp³-hybridized carbons (Fsp3) is 0.0303. The highest BCUT2D eigenvalue weighted by atomic mass is 31.2. The van der Waals surface area contributed by atoms with E-state index in [2.05, 4.69) is 36.4 Å². The van der Waals surface area contributed by atoms with Gasteiger partial charge in [-0.1, -0.05) is 152 Å². The molecule has 0 bridgehead atoms. The second-order valence-electron chi connectivity index (χ2n) is 8.50. The van der Waals surface area contributed by atoms with Gasteiger partial charge in [-0.15, -0.1) is 0 Å². The van der Waals surface area contributed by atoms with Crippen molar-refractivity contribution in [3.63, 3.8) is 0 Å². The fourth-order valence-corrected chi connectivity index (χ4v) is 8.20. The first-order chi connectivity index (χ1) is 17.8. The Morgan fingerprint density at radius 3 is 1.14 bits per heavy atom. The monoisotopic (exact) mass is 486 g/mol. The molecule has 3 heteroatoms. The first kappa shape index (κ1) is 23.6. The minimum atomic E-state index is -2.45. The van der Waals surface area contributed by atoms with Crippen LogP contribution in [0.5, 0.6) is 0 Å². The summed E-state index contributed by atoms with van der Waals surface area (Å²) in [7, 11) is 0. The first-order valence-corrected chi connectivity index (χ1v) is 13.9. The van der Waals surface area contributed by atoms with Gasteiger partial charge in [0.1, 0.15) is 0 Å². The van der Waals surface area contributed by atoms with Crippen LogP contribution >= 0.6 is 6.89 Å². The van der Waals surface area contributed by atoms with Crippen molar-refractivity contribution >= 4 is 34.6 Å². The molecule has 0 spiro atoms. The van der Waals surface area contributed by atoms with E-state index in [1.54, 1.807) is 0 Å². The van der Waals surface area contributed by atoms with Crippen molar-refractivity contribution in [2.45, 2.75) is 6.10 Å². The van der Waals surface area contributed by atoms with Crippen LogP contribution in [0.15, 0.2) is 152 Å². The number of carbonyl (C=O) groups excluding carboxylic acids is 1. The predicted molar refractivity (Wildman–Crippen MR) is 152 cm³/mol. The Balaban J connectivity index is 1.69. The normalized spacial score (nSPS) is 11.1. The fourth-order valence-electron chi connectivity index (χ4n) is 4.55. The molecule has 0 aliphatic carbocycles. The molecular weight excluding hydrogens is 459 g/mol. The standard InChI is InChI=1S/C33H27O2P/c34-32(35-33(27-16-6-1-7-17-27)28-18-8-2-9-19-28)26-36(29-20-10-3-11-21-29,30-22-12-4-13-23-30)31-24-14-5-15-25-31/h1-26,33H. The Morgan fingerprint density at radius 2 is 0.806 bits per heavy atom. The highest BCUT2D eigenvalue weighted by Crippen LogP contribution is 2.43. The molecule has 0 aliphatic heterocycles. The maximum atomic E-state index is 13.9. The summed E-state index contributed by atoms with van der Waals surface area (Å²) in [5, 5.41) is 3.32. The van der Waals surface area contributed by atoms with E-state index in [-0.39, 0.29) is 5.97 Å². The van der Waals surface area contributed by atoms with Crippen LogP contribution in [-0.4, -0.2) is 11.8 Å². The molecule has 2 nitrogen and oxygen atoms in total. The summed E-state index contributed by atoms with van der Waals surface area (Å²) in [6, 6.07) is 50.7. The van der Waals surface area contributed by atoms with Crippen LogP contribution in [0.3, 0.4) is 0 Å². The molecule has 0 aromatic heterocycles. The van der Waals surface area contributed by atoms with Gasteiger partial charge in [0.15, 0.2) is 6.10 Å². The third-order valence-electron chi connectivity index (χ3n) is 6.23. The molecule has 0 amide bonds. The number of carbonyl (C=O) groups is 1. The smallest absolute Gasteiger partial charge is 0.332 e. The van der Waals surface area contributed by atoms with Gasteiger partial charge < -0.3 is 4.74 Å². The molecule has 36 heavy (non-hydrogen) atoms. The molecular formula is C33H27O2P. The Kier molecular flexibility index (Phi) is 7.26. The summed E-state index contributed by atoms with van der Waals surface area (Å²) in [5.74, 6) is 1.50. The van der Waals surface area contributed by atoms with Crippen LogP contribution in [0, 0.1) is 0 Å². The molecule has 0 N–H and O–H groups in total. The molecule has 0 heterocycles. The SMILES string of the molecule is O=C(C=P(c1ccccc1)(c1ccccc1)c1ccccc1)OC(c1ccccc1)c1ccccc1. The average molecular weight is 487 g/mol. The molecule has 0 unspecified atom stereocenters. The largest absolute Gasteiger partial charge is 0.449 e. The summed E-state index contributed by atoms with van der Waals surface area (Å²) < 4.78 is 6.28. The van der Waals surface area contributed by atoms with Gasteiger partial charge in [0, 0.05) is 5.80 Å². The second-order valence-corrected chi connectivity index (χ2v) is 11.7. The molecule has 0 saturated carbocycles. The highest BCUT2D eigenvalue weighted by Gasteiger charge is 2.28. The molecule has 0 fully saturated rings. The Morgan fingerprint density at radius 1 is 0.500 bits per heavy atom. The van der Waals surface area contributed by atoms with Crippen LogP contribution in [0.1, 0.15) is 17.2 Å². The number of ether oxygens (including phenoxy) is 1. The van der Waals surface area contributed by atoms with Gasteiger partial charge in [-0.3, -0.25) is 0 Å². The summed E-state index contributed by atoms with van der Waals surface area (Å²) in [5.41, 5.74) is 1.88. The lowest BCUT2D eigenvalue weighted by molar-refractivity contribution is -0.138. The van der Waals surface area contributed by atoms with E-state index in [1.807, 2.05) is 121 Å². The molecule has 0 radical (unpaired) electrons. The maximum Gasteiger partial charge on any atom is 0.332 e. The molecule has 0 saturated heterocycles. The summed E-state index contributed by atoms with van der Waals surface area (Å²) in [6.07, 6.45) is -0.500. The van der Waals surface area contributed by atoms with E-state index in [1.165, 1.54) is 0 Å². The predicted octanol–water partition coefficient (Wildman–Crippen LogP) is 6.12. The van der Waals surface area contributed by atoms with E-state index in [9.17, 15) is 4.79 Å². The van der Waals surface area contributed by atoms with Crippen molar-refractivity contribution in [2.75, 3.05) is 0 Å². The summed E-state index contributed by atoms with van der Waals surface area (Å²) in [6.45, 7) is -2.45. The van der Waals surface area contributed by atoms with Crippen LogP contribution in [-0.2, 0) is 9.53 Å². The molecule has 0 atom stereocenters. The van der Waals surface area contributed by atoms with Crippen molar-refractivity contribution in [2.24, 2.45) is 0 Å². The Bertz CT molecular complexity index is 1310. The number of hydrogen-bond acceptors (Lipinski definition) is 2. The lowest BCUT2D eigenvalue weighted by atomic mass is 10.0. The van der Waals surface area contributed by atoms with Crippen LogP contribution in [0.4, 0.5) is 0 Å². The van der Waals surface area contributed by atoms with E-state index in [0.717, 1.165) is 27.0 Å². The zero-order valence-corrected chi connectivity index (χ0v) is 20.7. The van der Waals surface area contributed by atoms with Crippen molar-refractivity contribution in [3.8, 4) is 0 Å². The van der Waals surface area contributed by atoms with Crippen molar-refractivity contribution in [3.05, 3.63) is 163 Å². The Hall–Kier alpha value is -4.13. The summed E-state index contributed by atoms with van der Waals surface area (Å²) >= 11 is 0. The molecule has 5 aromatic rings. The van der Waals surface area contributed by atoms with E-state index in [4.69, 9.17) is 4.74 Å². The number of benzene rings is 5. The van der Waals surface area contributed by atoms with Gasteiger partial charge in [-0.05, 0) is 33.9 Å². The number of rotatable bonds is 7. The van der Waals surface area contributed by atoms with Gasteiger partial charge >= 0.3 is 5.97 Å². The lowest BCUT2D eigenvalue weighted by Crippen LogP contribution is -2.29. The number of esters is 1. The van der Waals surface area contributed by atoms with E-state index < -0.39 is 13.0 Å². The minimum absolute atomic E-state index is 0.336. The molecule has 5 aromatic carbocycles. The third-order valence-corrected chi connectivity index (χ3v) is 10.2. The van der Waals surface area contributed by atoms with Crippen LogP contribution in [0.25, 0.3) is 0 Å². The number of hydrogen-bond donors (Lipinski definition) is 0. The first-order valence-electron chi connectivity index (χ1n) is 12.0. The third kappa shape index (κ3) is 4.96. The van der Waals surface area contributed by atoms with Crippen molar-refractivity contribution in [1.82, 2.24) is 0 Å². The topological polar surface area (TPSA) is 26.3 Å². The Labute approximate surface area is 212 Å². The zero-order chi connectivity index (χ0) is 24.6. The molecule has 176 valence electrons. The maximum absolute atomic E-state index is 13.9. The van der Waals surface area contributed by atoms with Gasteiger partial charge in [0.05, 0.1) is 0 Å². The highest BCUT2D eigenvalue weighted by molar-refractivity contribution is 7.95. The van der Waals surface area contributed by atoms with E-state index in [0.29, 0.717) is 0 Å². The van der Waals surface area contributed by atoms with E-state index >= 15 is 0 Å². The van der Waals surface area contributed by atoms with Gasteiger partial charge in [0.25, 0.3) is 0 Å². The van der Waals surface area contributed by atoms with Crippen molar-refractivity contribution < 1.29 is 9.53 Å². The second kappa shape index (κ2) is 11.1. The van der Waals surface area contributed by atoms with Crippen molar-refractivity contribution in [1.29, 1.82) is 0 Å². The van der Waals surface area contributed by atoms with Gasteiger partial charge in [-0.2, -0.15) is 0 Å². The molecule has 5 rings (SSSR count). The zero-order valence-electron chi connectivity index (χ0n) is 19.9. The van der Waals surface area contributed by atoms with Gasteiger partial charge in [0.2, 0.25) is 0 Å². The summed E-state index contributed by atoms with van der Waals surface area (Å²) in [4.78, 5) is 13.9. The van der Waals surface area contributed by atoms with Crippen LogP contribution < -0.4 is 15.9 Å².